The summed E-state index contributed by atoms with van der Waals surface area (Å²) in [6, 6.07) is 0. The van der Waals surface area contributed by atoms with Crippen molar-refractivity contribution >= 4 is 11.3 Å². The second kappa shape index (κ2) is 2.23. The van der Waals surface area contributed by atoms with Crippen molar-refractivity contribution in [1.82, 2.24) is 4.98 Å². The molecule has 1 aromatic rings. The number of rotatable bonds is 0. The molecule has 1 rings (SSSR count). The van der Waals surface area contributed by atoms with Gasteiger partial charge in [-0.3, -0.25) is 0 Å². The number of hydrogen-bond acceptors (Lipinski definition) is 2. The van der Waals surface area contributed by atoms with E-state index in [1.807, 2.05) is 0 Å². The van der Waals surface area contributed by atoms with Crippen LogP contribution in [0.2, 0.25) is 0 Å². The van der Waals surface area contributed by atoms with Gasteiger partial charge < -0.3 is 0 Å². The van der Waals surface area contributed by atoms with Gasteiger partial charge in [0.15, 0.2) is 11.2 Å². The van der Waals surface area contributed by atoms with Crippen molar-refractivity contribution < 1.29 is 13.2 Å². The fourth-order valence-electron chi connectivity index (χ4n) is 0.527. The van der Waals surface area contributed by atoms with Gasteiger partial charge in [-0.15, -0.1) is 11.3 Å². The first-order valence-corrected chi connectivity index (χ1v) is 3.24. The van der Waals surface area contributed by atoms with Crippen LogP contribution in [0.4, 0.5) is 13.2 Å². The summed E-state index contributed by atoms with van der Waals surface area (Å²) in [5.74, 6) is 0. The van der Waals surface area contributed by atoms with Crippen LogP contribution in [0, 0.1) is 12.4 Å². The molecule has 55 valence electrons. The lowest BCUT2D eigenvalue weighted by Gasteiger charge is -2.01. The zero-order chi connectivity index (χ0) is 7.78. The summed E-state index contributed by atoms with van der Waals surface area (Å²) >= 11 is 0.875. The molecular weight excluding hydrogens is 163 g/mol. The Hall–Kier alpha value is -0.580. The van der Waals surface area contributed by atoms with Gasteiger partial charge in [0.2, 0.25) is 0 Å². The van der Waals surface area contributed by atoms with Crippen molar-refractivity contribution in [1.29, 1.82) is 0 Å². The van der Waals surface area contributed by atoms with E-state index in [4.69, 9.17) is 0 Å². The summed E-state index contributed by atoms with van der Waals surface area (Å²) in [4.78, 5) is 3.22. The molecule has 0 spiro atoms. The molecule has 0 aliphatic carbocycles. The van der Waals surface area contributed by atoms with Crippen LogP contribution >= 0.6 is 11.3 Å². The van der Waals surface area contributed by atoms with E-state index in [-0.39, 0.29) is 4.88 Å². The third-order valence-corrected chi connectivity index (χ3v) is 1.64. The Morgan fingerprint density at radius 3 is 2.30 bits per heavy atom. The molecule has 5 heteroatoms. The number of nitrogens with zero attached hydrogens (tertiary/aromatic N) is 1. The van der Waals surface area contributed by atoms with Crippen LogP contribution in [-0.4, -0.2) is 4.98 Å². The van der Waals surface area contributed by atoms with E-state index >= 15 is 0 Å². The number of aryl methyl sites for hydroxylation is 1. The maximum absolute atomic E-state index is 11.8. The normalized spacial score (nSPS) is 12.0. The molecule has 0 aliphatic rings. The second-order valence-electron chi connectivity index (χ2n) is 1.71. The van der Waals surface area contributed by atoms with Crippen molar-refractivity contribution in [2.45, 2.75) is 13.1 Å². The number of alkyl halides is 3. The molecule has 0 saturated carbocycles. The van der Waals surface area contributed by atoms with Crippen LogP contribution in [0.25, 0.3) is 0 Å². The molecule has 0 saturated heterocycles. The number of hydrogen-bond donors (Lipinski definition) is 0. The highest BCUT2D eigenvalue weighted by molar-refractivity contribution is 7.09. The number of halogens is 3. The van der Waals surface area contributed by atoms with Gasteiger partial charge in [-0.2, -0.15) is 13.2 Å². The van der Waals surface area contributed by atoms with Crippen LogP contribution in [0.15, 0.2) is 0 Å². The lowest BCUT2D eigenvalue weighted by atomic mass is 10.4. The molecule has 0 unspecified atom stereocenters. The first-order chi connectivity index (χ1) is 4.52. The van der Waals surface area contributed by atoms with E-state index in [2.05, 4.69) is 10.5 Å². The molecule has 0 amide bonds. The minimum absolute atomic E-state index is 0.160. The van der Waals surface area contributed by atoms with Crippen molar-refractivity contribution in [3.63, 3.8) is 0 Å². The highest BCUT2D eigenvalue weighted by atomic mass is 32.1. The van der Waals surface area contributed by atoms with Crippen molar-refractivity contribution in [2.75, 3.05) is 0 Å². The Balaban J connectivity index is 3.05. The average Bonchev–Trinajstić information content (AvgIpc) is 2.11. The smallest absolute Gasteiger partial charge is 0.229 e. The van der Waals surface area contributed by atoms with Crippen LogP contribution in [-0.2, 0) is 6.18 Å². The van der Waals surface area contributed by atoms with Crippen LogP contribution in [0.5, 0.6) is 0 Å². The third-order valence-electron chi connectivity index (χ3n) is 0.958. The van der Waals surface area contributed by atoms with E-state index in [1.165, 1.54) is 6.92 Å². The molecule has 1 aromatic heterocycles. The molecular formula is C5H3F3NS. The van der Waals surface area contributed by atoms with Gasteiger partial charge >= 0.3 is 6.18 Å². The molecule has 0 atom stereocenters. The predicted molar refractivity (Wildman–Crippen MR) is 30.7 cm³/mol. The van der Waals surface area contributed by atoms with E-state index < -0.39 is 11.9 Å². The van der Waals surface area contributed by atoms with Crippen LogP contribution in [0.3, 0.4) is 0 Å². The highest BCUT2D eigenvalue weighted by Crippen LogP contribution is 2.31. The Labute approximate surface area is 59.5 Å². The van der Waals surface area contributed by atoms with Crippen LogP contribution in [0.1, 0.15) is 10.6 Å². The summed E-state index contributed by atoms with van der Waals surface area (Å²) in [6.07, 6.45) is -4.32. The van der Waals surface area contributed by atoms with Gasteiger partial charge in [0.05, 0.1) is 0 Å². The molecule has 1 nitrogen and oxygen atoms in total. The second-order valence-corrected chi connectivity index (χ2v) is 2.71. The fourth-order valence-corrected chi connectivity index (χ4v) is 1.06. The van der Waals surface area contributed by atoms with E-state index in [1.54, 1.807) is 0 Å². The zero-order valence-electron chi connectivity index (χ0n) is 4.99. The molecule has 10 heavy (non-hydrogen) atoms. The van der Waals surface area contributed by atoms with Gasteiger partial charge in [0.1, 0.15) is 0 Å². The van der Waals surface area contributed by atoms with Gasteiger partial charge in [-0.05, 0) is 6.92 Å². The van der Waals surface area contributed by atoms with E-state index in [9.17, 15) is 13.2 Å². The fraction of sp³-hybridized carbons (Fsp3) is 0.400. The molecule has 0 N–H and O–H groups in total. The summed E-state index contributed by atoms with van der Waals surface area (Å²) in [7, 11) is 0. The summed E-state index contributed by atoms with van der Waals surface area (Å²) < 4.78 is 35.4. The van der Waals surface area contributed by atoms with Gasteiger partial charge in [0, 0.05) is 4.88 Å². The molecule has 0 aromatic carbocycles. The molecule has 1 radical (unpaired) electrons. The van der Waals surface area contributed by atoms with Gasteiger partial charge in [0.25, 0.3) is 0 Å². The Kier molecular flexibility index (Phi) is 1.68. The lowest BCUT2D eigenvalue weighted by Crippen LogP contribution is -2.06. The average molecular weight is 166 g/mol. The number of thiazole rings is 1. The zero-order valence-corrected chi connectivity index (χ0v) is 5.81. The van der Waals surface area contributed by atoms with Crippen molar-refractivity contribution in [2.24, 2.45) is 0 Å². The predicted octanol–water partition coefficient (Wildman–Crippen LogP) is 2.27. The maximum atomic E-state index is 11.8. The van der Waals surface area contributed by atoms with Crippen molar-refractivity contribution in [3.05, 3.63) is 16.1 Å². The molecule has 0 bridgehead atoms. The summed E-state index contributed by atoms with van der Waals surface area (Å²) in [5.41, 5.74) is 1.35. The highest BCUT2D eigenvalue weighted by Gasteiger charge is 2.34. The quantitative estimate of drug-likeness (QED) is 0.576. The largest absolute Gasteiger partial charge is 0.434 e. The molecule has 1 heterocycles. The third kappa shape index (κ3) is 1.29. The minimum atomic E-state index is -4.32. The lowest BCUT2D eigenvalue weighted by molar-refractivity contribution is -0.141. The topological polar surface area (TPSA) is 12.9 Å². The Morgan fingerprint density at radius 2 is 2.10 bits per heavy atom. The Morgan fingerprint density at radius 1 is 1.50 bits per heavy atom. The molecule has 0 fully saturated rings. The van der Waals surface area contributed by atoms with E-state index in [0.29, 0.717) is 0 Å². The minimum Gasteiger partial charge on any atom is -0.229 e. The number of aromatic nitrogens is 1. The standard InChI is InChI=1S/C5H3F3NS/c1-3-4(5(6,7)8)9-2-10-3/h1H3. The maximum Gasteiger partial charge on any atom is 0.434 e. The van der Waals surface area contributed by atoms with E-state index in [0.717, 1.165) is 11.3 Å². The first-order valence-electron chi connectivity index (χ1n) is 2.42. The van der Waals surface area contributed by atoms with Gasteiger partial charge in [-0.1, -0.05) is 0 Å². The summed E-state index contributed by atoms with van der Waals surface area (Å²) in [5, 5.41) is 0. The first kappa shape index (κ1) is 7.53. The SMILES string of the molecule is Cc1s[c]nc1C(F)(F)F. The monoisotopic (exact) mass is 166 g/mol. The van der Waals surface area contributed by atoms with Crippen LogP contribution < -0.4 is 0 Å². The van der Waals surface area contributed by atoms with Gasteiger partial charge in [-0.25, -0.2) is 4.98 Å². The van der Waals surface area contributed by atoms with Crippen molar-refractivity contribution in [3.8, 4) is 0 Å². The summed E-state index contributed by atoms with van der Waals surface area (Å²) in [6.45, 7) is 1.37. The molecule has 0 aliphatic heterocycles. The Bertz CT molecular complexity index is 227.